The van der Waals surface area contributed by atoms with Gasteiger partial charge in [0.2, 0.25) is 0 Å². The Morgan fingerprint density at radius 1 is 1.22 bits per heavy atom. The third-order valence-electron chi connectivity index (χ3n) is 4.73. The first-order valence-corrected chi connectivity index (χ1v) is 10.7. The Labute approximate surface area is 166 Å². The molecule has 0 amide bonds. The maximum absolute atomic E-state index is 13.0. The molecule has 0 radical (unpaired) electrons. The minimum Gasteiger partial charge on any atom is -0.372 e. The summed E-state index contributed by atoms with van der Waals surface area (Å²) in [6.45, 7) is 4.69. The molecule has 1 aromatic carbocycles. The lowest BCUT2D eigenvalue weighted by Crippen LogP contribution is -2.32. The van der Waals surface area contributed by atoms with Crippen LogP contribution in [0.15, 0.2) is 46.3 Å². The molecule has 0 spiro atoms. The summed E-state index contributed by atoms with van der Waals surface area (Å²) in [5, 5.41) is 0. The zero-order valence-electron chi connectivity index (χ0n) is 15.5. The van der Waals surface area contributed by atoms with E-state index in [2.05, 4.69) is 18.0 Å². The van der Waals surface area contributed by atoms with Crippen LogP contribution in [0.2, 0.25) is 0 Å². The minimum atomic E-state index is -4.32. The summed E-state index contributed by atoms with van der Waals surface area (Å²) >= 11 is 3.14. The maximum Gasteiger partial charge on any atom is 0.416 e. The van der Waals surface area contributed by atoms with Gasteiger partial charge in [-0.25, -0.2) is 0 Å². The van der Waals surface area contributed by atoms with Gasteiger partial charge in [-0.15, -0.1) is 23.5 Å². The van der Waals surface area contributed by atoms with E-state index in [1.54, 1.807) is 17.8 Å². The fourth-order valence-corrected chi connectivity index (χ4v) is 5.04. The first-order chi connectivity index (χ1) is 12.7. The second-order valence-electron chi connectivity index (χ2n) is 6.97. The SMILES string of the molecule is CSc1cnc(C2CC(C)(Sc3cccc(C(F)(F)F)c3)CCO2)c(C)c1. The van der Waals surface area contributed by atoms with Gasteiger partial charge >= 0.3 is 6.18 Å². The molecular formula is C20H22F3NOS2. The number of benzene rings is 1. The topological polar surface area (TPSA) is 22.1 Å². The highest BCUT2D eigenvalue weighted by atomic mass is 32.2. The summed E-state index contributed by atoms with van der Waals surface area (Å²) < 4.78 is 44.7. The molecule has 1 fully saturated rings. The number of hydrogen-bond donors (Lipinski definition) is 0. The van der Waals surface area contributed by atoms with Crippen molar-refractivity contribution in [3.05, 3.63) is 53.3 Å². The smallest absolute Gasteiger partial charge is 0.372 e. The molecular weight excluding hydrogens is 391 g/mol. The fourth-order valence-electron chi connectivity index (χ4n) is 3.27. The van der Waals surface area contributed by atoms with Crippen molar-refractivity contribution < 1.29 is 17.9 Å². The molecule has 2 heterocycles. The van der Waals surface area contributed by atoms with E-state index >= 15 is 0 Å². The van der Waals surface area contributed by atoms with Gasteiger partial charge < -0.3 is 4.74 Å². The lowest BCUT2D eigenvalue weighted by molar-refractivity contribution is -0.137. The van der Waals surface area contributed by atoms with E-state index in [0.29, 0.717) is 17.9 Å². The standard InChI is InChI=1S/C20H22F3NOS2/c1-13-9-16(26-3)12-24-18(13)17-11-19(2,7-8-25-17)27-15-6-4-5-14(10-15)20(21,22)23/h4-6,9-10,12,17H,7-8,11H2,1-3H3. The number of pyridine rings is 1. The lowest BCUT2D eigenvalue weighted by Gasteiger charge is -2.38. The van der Waals surface area contributed by atoms with Crippen LogP contribution in [-0.2, 0) is 10.9 Å². The molecule has 1 aliphatic heterocycles. The van der Waals surface area contributed by atoms with Gasteiger partial charge in [0.05, 0.1) is 11.3 Å². The fraction of sp³-hybridized carbons (Fsp3) is 0.450. The molecule has 0 N–H and O–H groups in total. The molecule has 0 aliphatic carbocycles. The Kier molecular flexibility index (Phi) is 6.13. The monoisotopic (exact) mass is 413 g/mol. The molecule has 3 rings (SSSR count). The van der Waals surface area contributed by atoms with E-state index in [1.165, 1.54) is 23.9 Å². The quantitative estimate of drug-likeness (QED) is 0.531. The average Bonchev–Trinajstić information content (AvgIpc) is 2.60. The third kappa shape index (κ3) is 5.00. The van der Waals surface area contributed by atoms with E-state index in [9.17, 15) is 13.2 Å². The number of nitrogens with zero attached hydrogens (tertiary/aromatic N) is 1. The maximum atomic E-state index is 13.0. The van der Waals surface area contributed by atoms with Crippen LogP contribution in [0.4, 0.5) is 13.2 Å². The van der Waals surface area contributed by atoms with Gasteiger partial charge in [0, 0.05) is 27.3 Å². The second-order valence-corrected chi connectivity index (χ2v) is 9.51. The highest BCUT2D eigenvalue weighted by molar-refractivity contribution is 8.00. The summed E-state index contributed by atoms with van der Waals surface area (Å²) in [7, 11) is 0. The Balaban J connectivity index is 1.79. The third-order valence-corrected chi connectivity index (χ3v) is 6.77. The number of aryl methyl sites for hydroxylation is 1. The van der Waals surface area contributed by atoms with Gasteiger partial charge in [0.1, 0.15) is 6.10 Å². The van der Waals surface area contributed by atoms with Gasteiger partial charge in [-0.1, -0.05) is 6.07 Å². The van der Waals surface area contributed by atoms with Gasteiger partial charge in [-0.2, -0.15) is 13.2 Å². The summed E-state index contributed by atoms with van der Waals surface area (Å²) in [6, 6.07) is 7.66. The van der Waals surface area contributed by atoms with Crippen molar-refractivity contribution in [3.8, 4) is 0 Å². The Morgan fingerprint density at radius 2 is 2.00 bits per heavy atom. The van der Waals surface area contributed by atoms with Crippen LogP contribution in [0.5, 0.6) is 0 Å². The molecule has 146 valence electrons. The normalized spacial score (nSPS) is 23.4. The zero-order valence-corrected chi connectivity index (χ0v) is 17.1. The number of hydrogen-bond acceptors (Lipinski definition) is 4. The van der Waals surface area contributed by atoms with E-state index in [1.807, 2.05) is 19.4 Å². The van der Waals surface area contributed by atoms with Crippen LogP contribution in [-0.4, -0.2) is 22.6 Å². The van der Waals surface area contributed by atoms with Crippen molar-refractivity contribution in [2.45, 2.75) is 53.5 Å². The highest BCUT2D eigenvalue weighted by Crippen LogP contribution is 2.46. The number of alkyl halides is 3. The highest BCUT2D eigenvalue weighted by Gasteiger charge is 2.37. The summed E-state index contributed by atoms with van der Waals surface area (Å²) in [5.74, 6) is 0. The lowest BCUT2D eigenvalue weighted by atomic mass is 9.93. The van der Waals surface area contributed by atoms with Crippen LogP contribution >= 0.6 is 23.5 Å². The predicted octanol–water partition coefficient (Wildman–Crippen LogP) is 6.53. The van der Waals surface area contributed by atoms with Crippen LogP contribution in [0, 0.1) is 6.92 Å². The van der Waals surface area contributed by atoms with Crippen molar-refractivity contribution >= 4 is 23.5 Å². The number of rotatable bonds is 4. The summed E-state index contributed by atoms with van der Waals surface area (Å²) in [6.07, 6.45) is 0.888. The predicted molar refractivity (Wildman–Crippen MR) is 104 cm³/mol. The molecule has 7 heteroatoms. The van der Waals surface area contributed by atoms with E-state index in [4.69, 9.17) is 4.74 Å². The number of ether oxygens (including phenoxy) is 1. The average molecular weight is 414 g/mol. The van der Waals surface area contributed by atoms with E-state index in [-0.39, 0.29) is 10.9 Å². The Morgan fingerprint density at radius 3 is 2.67 bits per heavy atom. The van der Waals surface area contributed by atoms with Crippen molar-refractivity contribution in [2.24, 2.45) is 0 Å². The van der Waals surface area contributed by atoms with Crippen LogP contribution in [0.1, 0.15) is 42.7 Å². The number of thioether (sulfide) groups is 2. The molecule has 1 aliphatic rings. The van der Waals surface area contributed by atoms with Crippen LogP contribution < -0.4 is 0 Å². The van der Waals surface area contributed by atoms with Gasteiger partial charge in [0.15, 0.2) is 0 Å². The van der Waals surface area contributed by atoms with Crippen molar-refractivity contribution in [1.82, 2.24) is 4.98 Å². The van der Waals surface area contributed by atoms with Crippen molar-refractivity contribution in [2.75, 3.05) is 12.9 Å². The van der Waals surface area contributed by atoms with Gasteiger partial charge in [-0.05, 0) is 62.8 Å². The first kappa shape index (κ1) is 20.6. The minimum absolute atomic E-state index is 0.141. The van der Waals surface area contributed by atoms with E-state index in [0.717, 1.165) is 28.6 Å². The number of halogens is 3. The molecule has 1 saturated heterocycles. The van der Waals surface area contributed by atoms with E-state index < -0.39 is 11.7 Å². The molecule has 2 aromatic rings. The van der Waals surface area contributed by atoms with Gasteiger partial charge in [-0.3, -0.25) is 4.98 Å². The van der Waals surface area contributed by atoms with Crippen LogP contribution in [0.25, 0.3) is 0 Å². The molecule has 0 saturated carbocycles. The molecule has 2 unspecified atom stereocenters. The molecule has 27 heavy (non-hydrogen) atoms. The summed E-state index contributed by atoms with van der Waals surface area (Å²) in [4.78, 5) is 6.33. The number of aromatic nitrogens is 1. The molecule has 1 aromatic heterocycles. The van der Waals surface area contributed by atoms with Crippen LogP contribution in [0.3, 0.4) is 0 Å². The second kappa shape index (κ2) is 8.05. The van der Waals surface area contributed by atoms with Gasteiger partial charge in [0.25, 0.3) is 0 Å². The Hall–Kier alpha value is -1.18. The summed E-state index contributed by atoms with van der Waals surface area (Å²) in [5.41, 5.74) is 1.40. The largest absolute Gasteiger partial charge is 0.416 e. The Bertz CT molecular complexity index is 812. The first-order valence-electron chi connectivity index (χ1n) is 8.69. The molecule has 2 nitrogen and oxygen atoms in total. The molecule has 2 atom stereocenters. The zero-order chi connectivity index (χ0) is 19.7. The van der Waals surface area contributed by atoms with Crippen molar-refractivity contribution in [1.29, 1.82) is 0 Å². The molecule has 0 bridgehead atoms. The van der Waals surface area contributed by atoms with Crippen molar-refractivity contribution in [3.63, 3.8) is 0 Å².